The smallest absolute Gasteiger partial charge is 0.235 e. The van der Waals surface area contributed by atoms with Gasteiger partial charge in [-0.05, 0) is 25.7 Å². The molecule has 0 aromatic carbocycles. The molecule has 0 saturated carbocycles. The van der Waals surface area contributed by atoms with Gasteiger partial charge in [-0.25, -0.2) is 4.21 Å². The molecule has 1 N–H and O–H groups in total. The first-order valence-electron chi connectivity index (χ1n) is 5.51. The molecule has 0 aliphatic heterocycles. The summed E-state index contributed by atoms with van der Waals surface area (Å²) in [4.78, 5) is 0. The summed E-state index contributed by atoms with van der Waals surface area (Å²) in [7, 11) is 0. The third-order valence-corrected chi connectivity index (χ3v) is 3.74. The Balaban J connectivity index is 4.62. The maximum atomic E-state index is 11.3. The molecule has 0 aliphatic carbocycles. The Hall–Kier alpha value is 0.0700. The third kappa shape index (κ3) is 3.67. The topological polar surface area (TPSA) is 40.5 Å². The maximum Gasteiger partial charge on any atom is 0.235 e. The Bertz CT molecular complexity index is 156. The lowest BCUT2D eigenvalue weighted by molar-refractivity contribution is 0.221. The molecule has 0 heterocycles. The van der Waals surface area contributed by atoms with Gasteiger partial charge in [0.05, 0.1) is 0 Å². The lowest BCUT2D eigenvalue weighted by atomic mass is 10.1. The average Bonchev–Trinajstić information content (AvgIpc) is 2.18. The molecule has 0 aromatic rings. The second-order valence-corrected chi connectivity index (χ2v) is 4.41. The van der Waals surface area contributed by atoms with Crippen LogP contribution in [0.25, 0.3) is 0 Å². The monoisotopic (exact) mass is 221 g/mol. The molecule has 0 fully saturated rings. The Labute approximate surface area is 90.3 Å². The van der Waals surface area contributed by atoms with Crippen LogP contribution >= 0.6 is 0 Å². The van der Waals surface area contributed by atoms with E-state index >= 15 is 0 Å². The molecule has 3 nitrogen and oxygen atoms in total. The van der Waals surface area contributed by atoms with Crippen LogP contribution in [0.1, 0.15) is 53.4 Å². The molecule has 0 bridgehead atoms. The van der Waals surface area contributed by atoms with Crippen LogP contribution in [0.5, 0.6) is 0 Å². The van der Waals surface area contributed by atoms with Crippen LogP contribution < -0.4 is 0 Å². The molecule has 0 aliphatic rings. The summed E-state index contributed by atoms with van der Waals surface area (Å²) < 4.78 is 22.3. The minimum Gasteiger partial charge on any atom is -0.294 e. The standard InChI is InChI=1S/C10H23NO2S/c1-5-9(6-2)11(14(12)13)10(7-3)8-4/h9-10H,5-8H2,1-4H3,(H,12,13). The highest BCUT2D eigenvalue weighted by atomic mass is 32.2. The van der Waals surface area contributed by atoms with Crippen molar-refractivity contribution in [2.75, 3.05) is 0 Å². The first-order valence-corrected chi connectivity index (χ1v) is 6.57. The van der Waals surface area contributed by atoms with E-state index in [0.717, 1.165) is 25.7 Å². The summed E-state index contributed by atoms with van der Waals surface area (Å²) in [5, 5.41) is 0. The Morgan fingerprint density at radius 1 is 1.00 bits per heavy atom. The van der Waals surface area contributed by atoms with Crippen molar-refractivity contribution in [1.29, 1.82) is 0 Å². The fourth-order valence-corrected chi connectivity index (χ4v) is 2.96. The molecule has 0 radical (unpaired) electrons. The van der Waals surface area contributed by atoms with Gasteiger partial charge in [0, 0.05) is 12.1 Å². The van der Waals surface area contributed by atoms with Gasteiger partial charge in [0.15, 0.2) is 0 Å². The average molecular weight is 221 g/mol. The van der Waals surface area contributed by atoms with E-state index in [1.54, 1.807) is 4.31 Å². The van der Waals surface area contributed by atoms with Crippen molar-refractivity contribution in [3.05, 3.63) is 0 Å². The number of hydrogen-bond donors (Lipinski definition) is 1. The first kappa shape index (κ1) is 14.1. The van der Waals surface area contributed by atoms with E-state index in [2.05, 4.69) is 27.7 Å². The molecule has 0 saturated heterocycles. The van der Waals surface area contributed by atoms with Crippen molar-refractivity contribution in [2.24, 2.45) is 0 Å². The molecule has 0 aromatic heterocycles. The fourth-order valence-electron chi connectivity index (χ4n) is 1.85. The van der Waals surface area contributed by atoms with E-state index < -0.39 is 11.3 Å². The van der Waals surface area contributed by atoms with Gasteiger partial charge in [-0.2, -0.15) is 4.31 Å². The zero-order valence-electron chi connectivity index (χ0n) is 9.69. The number of nitrogens with zero attached hydrogens (tertiary/aromatic N) is 1. The predicted molar refractivity (Wildman–Crippen MR) is 61.4 cm³/mol. The van der Waals surface area contributed by atoms with E-state index in [0.29, 0.717) is 0 Å². The van der Waals surface area contributed by atoms with Crippen LogP contribution in [0.4, 0.5) is 0 Å². The second kappa shape index (κ2) is 7.37. The molecule has 0 amide bonds. The summed E-state index contributed by atoms with van der Waals surface area (Å²) in [5.74, 6) is 0. The first-order chi connectivity index (χ1) is 6.62. The Morgan fingerprint density at radius 2 is 1.29 bits per heavy atom. The van der Waals surface area contributed by atoms with E-state index in [-0.39, 0.29) is 12.1 Å². The predicted octanol–water partition coefficient (Wildman–Crippen LogP) is 2.80. The Morgan fingerprint density at radius 3 is 1.43 bits per heavy atom. The van der Waals surface area contributed by atoms with E-state index in [4.69, 9.17) is 0 Å². The maximum absolute atomic E-state index is 11.3. The highest BCUT2D eigenvalue weighted by Gasteiger charge is 2.26. The minimum atomic E-state index is -1.83. The van der Waals surface area contributed by atoms with Gasteiger partial charge in [-0.1, -0.05) is 27.7 Å². The summed E-state index contributed by atoms with van der Waals surface area (Å²) in [5.41, 5.74) is 0. The SMILES string of the molecule is CCC(CC)N(C(CC)CC)S(=O)O. The van der Waals surface area contributed by atoms with E-state index in [1.807, 2.05) is 0 Å². The molecule has 86 valence electrons. The summed E-state index contributed by atoms with van der Waals surface area (Å²) in [6.45, 7) is 8.26. The van der Waals surface area contributed by atoms with Crippen LogP contribution in [-0.4, -0.2) is 25.2 Å². The van der Waals surface area contributed by atoms with Gasteiger partial charge >= 0.3 is 0 Å². The van der Waals surface area contributed by atoms with Crippen molar-refractivity contribution < 1.29 is 8.76 Å². The van der Waals surface area contributed by atoms with Gasteiger partial charge in [0.2, 0.25) is 11.3 Å². The second-order valence-electron chi connectivity index (χ2n) is 3.53. The van der Waals surface area contributed by atoms with Crippen molar-refractivity contribution in [1.82, 2.24) is 4.31 Å². The van der Waals surface area contributed by atoms with E-state index in [9.17, 15) is 8.76 Å². The third-order valence-electron chi connectivity index (χ3n) is 2.79. The number of rotatable bonds is 7. The van der Waals surface area contributed by atoms with Gasteiger partial charge in [-0.3, -0.25) is 4.55 Å². The van der Waals surface area contributed by atoms with Crippen molar-refractivity contribution in [3.63, 3.8) is 0 Å². The van der Waals surface area contributed by atoms with Crippen molar-refractivity contribution >= 4 is 11.3 Å². The van der Waals surface area contributed by atoms with E-state index in [1.165, 1.54) is 0 Å². The minimum absolute atomic E-state index is 0.228. The molecule has 0 spiro atoms. The molecule has 0 rings (SSSR count). The molecular formula is C10H23NO2S. The van der Waals surface area contributed by atoms with Crippen LogP contribution in [0, 0.1) is 0 Å². The normalized spacial score (nSPS) is 14.3. The number of hydrogen-bond acceptors (Lipinski definition) is 1. The highest BCUT2D eigenvalue weighted by Crippen LogP contribution is 2.18. The molecular weight excluding hydrogens is 198 g/mol. The zero-order chi connectivity index (χ0) is 11.1. The quantitative estimate of drug-likeness (QED) is 0.672. The van der Waals surface area contributed by atoms with Crippen LogP contribution in [-0.2, 0) is 11.3 Å². The largest absolute Gasteiger partial charge is 0.294 e. The summed E-state index contributed by atoms with van der Waals surface area (Å²) in [6, 6.07) is 0.455. The molecule has 4 heteroatoms. The van der Waals surface area contributed by atoms with Gasteiger partial charge in [0.1, 0.15) is 0 Å². The van der Waals surface area contributed by atoms with Crippen molar-refractivity contribution in [2.45, 2.75) is 65.5 Å². The van der Waals surface area contributed by atoms with Gasteiger partial charge in [0.25, 0.3) is 0 Å². The molecule has 1 atom stereocenters. The summed E-state index contributed by atoms with van der Waals surface area (Å²) in [6.07, 6.45) is 3.72. The van der Waals surface area contributed by atoms with Crippen LogP contribution in [0.2, 0.25) is 0 Å². The highest BCUT2D eigenvalue weighted by molar-refractivity contribution is 7.76. The molecule has 14 heavy (non-hydrogen) atoms. The summed E-state index contributed by atoms with van der Waals surface area (Å²) >= 11 is -1.83. The molecule has 1 unspecified atom stereocenters. The fraction of sp³-hybridized carbons (Fsp3) is 1.00. The lowest BCUT2D eigenvalue weighted by Crippen LogP contribution is -2.43. The van der Waals surface area contributed by atoms with Crippen LogP contribution in [0.3, 0.4) is 0 Å². The van der Waals surface area contributed by atoms with Gasteiger partial charge in [-0.15, -0.1) is 0 Å². The Kier molecular flexibility index (Phi) is 7.41. The lowest BCUT2D eigenvalue weighted by Gasteiger charge is -2.32. The van der Waals surface area contributed by atoms with Crippen LogP contribution in [0.15, 0.2) is 0 Å². The van der Waals surface area contributed by atoms with Gasteiger partial charge < -0.3 is 0 Å². The zero-order valence-corrected chi connectivity index (χ0v) is 10.5. The van der Waals surface area contributed by atoms with Crippen molar-refractivity contribution in [3.8, 4) is 0 Å².